The van der Waals surface area contributed by atoms with E-state index in [1.165, 1.54) is 0 Å². The summed E-state index contributed by atoms with van der Waals surface area (Å²) < 4.78 is 10.7. The lowest BCUT2D eigenvalue weighted by Crippen LogP contribution is -2.46. The van der Waals surface area contributed by atoms with Gasteiger partial charge in [-0.3, -0.25) is 4.79 Å². The van der Waals surface area contributed by atoms with Crippen molar-refractivity contribution in [1.82, 2.24) is 4.90 Å². The van der Waals surface area contributed by atoms with Gasteiger partial charge in [-0.15, -0.1) is 0 Å². The molecule has 1 spiro atoms. The molecule has 156 valence electrons. The lowest BCUT2D eigenvalue weighted by molar-refractivity contribution is -0.143. The molecule has 1 aliphatic carbocycles. The minimum absolute atomic E-state index is 0.0878. The van der Waals surface area contributed by atoms with Gasteiger partial charge in [-0.2, -0.15) is 5.26 Å². The molecule has 1 amide bonds. The Labute approximate surface area is 172 Å². The number of piperidine rings is 1. The molecule has 0 N–H and O–H groups in total. The number of benzene rings is 1. The molecule has 1 aliphatic heterocycles. The molecule has 0 bridgehead atoms. The second-order valence-corrected chi connectivity index (χ2v) is 9.07. The third-order valence-electron chi connectivity index (χ3n) is 5.92. The largest absolute Gasteiger partial charge is 0.466 e. The fourth-order valence-electron chi connectivity index (χ4n) is 4.65. The molecule has 1 unspecified atom stereocenters. The molecule has 1 fully saturated rings. The van der Waals surface area contributed by atoms with Crippen LogP contribution in [0.3, 0.4) is 0 Å². The molecule has 1 aromatic rings. The van der Waals surface area contributed by atoms with Gasteiger partial charge in [0.05, 0.1) is 24.7 Å². The minimum atomic E-state index is -0.515. The van der Waals surface area contributed by atoms with E-state index in [-0.39, 0.29) is 23.4 Å². The number of fused-ring (bicyclic) bond motifs is 2. The van der Waals surface area contributed by atoms with Crippen molar-refractivity contribution in [2.45, 2.75) is 70.3 Å². The van der Waals surface area contributed by atoms with E-state index in [1.54, 1.807) is 4.90 Å². The lowest BCUT2D eigenvalue weighted by atomic mass is 9.73. The predicted octanol–water partition coefficient (Wildman–Crippen LogP) is 4.27. The third kappa shape index (κ3) is 4.55. The van der Waals surface area contributed by atoms with E-state index in [1.807, 2.05) is 45.9 Å². The highest BCUT2D eigenvalue weighted by Gasteiger charge is 2.47. The summed E-state index contributed by atoms with van der Waals surface area (Å²) in [4.78, 5) is 26.3. The quantitative estimate of drug-likeness (QED) is 0.711. The second-order valence-electron chi connectivity index (χ2n) is 9.07. The van der Waals surface area contributed by atoms with Crippen molar-refractivity contribution in [2.24, 2.45) is 0 Å². The molecular formula is C23H30N2O4. The first kappa shape index (κ1) is 21.2. The van der Waals surface area contributed by atoms with Gasteiger partial charge < -0.3 is 14.4 Å². The maximum Gasteiger partial charge on any atom is 0.410 e. The summed E-state index contributed by atoms with van der Waals surface area (Å²) in [6, 6.07) is 8.03. The molecule has 1 atom stereocenters. The molecule has 3 rings (SSSR count). The Morgan fingerprint density at radius 1 is 1.28 bits per heavy atom. The third-order valence-corrected chi connectivity index (χ3v) is 5.92. The minimum Gasteiger partial charge on any atom is -0.466 e. The summed E-state index contributed by atoms with van der Waals surface area (Å²) in [6.45, 7) is 9.01. The van der Waals surface area contributed by atoms with Gasteiger partial charge in [0.1, 0.15) is 5.60 Å². The molecule has 6 heteroatoms. The van der Waals surface area contributed by atoms with Crippen molar-refractivity contribution in [2.75, 3.05) is 19.7 Å². The van der Waals surface area contributed by atoms with E-state index in [4.69, 9.17) is 9.47 Å². The number of carbonyl (C=O) groups is 2. The molecule has 1 heterocycles. The average Bonchev–Trinajstić information content (AvgIpc) is 2.93. The van der Waals surface area contributed by atoms with Crippen LogP contribution in [0.4, 0.5) is 4.79 Å². The van der Waals surface area contributed by atoms with Gasteiger partial charge in [-0.1, -0.05) is 6.07 Å². The molecular weight excluding hydrogens is 368 g/mol. The highest BCUT2D eigenvalue weighted by molar-refractivity contribution is 5.71. The first-order valence-electron chi connectivity index (χ1n) is 10.4. The van der Waals surface area contributed by atoms with Crippen molar-refractivity contribution in [1.29, 1.82) is 5.26 Å². The number of rotatable bonds is 3. The van der Waals surface area contributed by atoms with E-state index in [9.17, 15) is 14.9 Å². The number of nitriles is 1. The Morgan fingerprint density at radius 2 is 1.97 bits per heavy atom. The highest BCUT2D eigenvalue weighted by Crippen LogP contribution is 2.53. The molecule has 0 saturated carbocycles. The maximum absolute atomic E-state index is 12.4. The second kappa shape index (κ2) is 8.06. The van der Waals surface area contributed by atoms with Crippen LogP contribution in [0.5, 0.6) is 0 Å². The van der Waals surface area contributed by atoms with E-state index in [0.29, 0.717) is 31.7 Å². The van der Waals surface area contributed by atoms with Crippen LogP contribution in [0.2, 0.25) is 0 Å². The Hall–Kier alpha value is -2.55. The summed E-state index contributed by atoms with van der Waals surface area (Å²) >= 11 is 0. The zero-order valence-corrected chi connectivity index (χ0v) is 17.8. The SMILES string of the molecule is CCOC(=O)CC1CC2(CCN(C(=O)OC(C)(C)C)CC2)c2cc(C#N)ccc21. The zero-order chi connectivity index (χ0) is 21.2. The summed E-state index contributed by atoms with van der Waals surface area (Å²) in [6.07, 6.45) is 2.52. The molecule has 6 nitrogen and oxygen atoms in total. The molecule has 0 radical (unpaired) electrons. The van der Waals surface area contributed by atoms with Crippen molar-refractivity contribution < 1.29 is 19.1 Å². The summed E-state index contributed by atoms with van der Waals surface area (Å²) in [7, 11) is 0. The normalized spacial score (nSPS) is 20.1. The topological polar surface area (TPSA) is 79.6 Å². The van der Waals surface area contributed by atoms with Crippen LogP contribution in [0, 0.1) is 11.3 Å². The number of nitrogens with zero attached hydrogens (tertiary/aromatic N) is 2. The molecule has 1 aromatic carbocycles. The van der Waals surface area contributed by atoms with E-state index in [0.717, 1.165) is 30.4 Å². The number of hydrogen-bond donors (Lipinski definition) is 0. The molecule has 29 heavy (non-hydrogen) atoms. The number of esters is 1. The number of likely N-dealkylation sites (tertiary alicyclic amines) is 1. The van der Waals surface area contributed by atoms with E-state index >= 15 is 0 Å². The average molecular weight is 399 g/mol. The van der Waals surface area contributed by atoms with Crippen molar-refractivity contribution in [3.63, 3.8) is 0 Å². The maximum atomic E-state index is 12.4. The number of carbonyl (C=O) groups excluding carboxylic acids is 2. The predicted molar refractivity (Wildman–Crippen MR) is 108 cm³/mol. The van der Waals surface area contributed by atoms with Gasteiger partial charge in [0.15, 0.2) is 0 Å². The Kier molecular flexibility index (Phi) is 5.88. The van der Waals surface area contributed by atoms with Gasteiger partial charge in [0, 0.05) is 13.1 Å². The standard InChI is InChI=1S/C23H30N2O4/c1-5-28-20(26)13-17-14-23(19-12-16(15-24)6-7-18(17)19)8-10-25(11-9-23)21(27)29-22(2,3)4/h6-7,12,17H,5,8-11,13-14H2,1-4H3. The Bertz CT molecular complexity index is 826. The fraction of sp³-hybridized carbons (Fsp3) is 0.609. The van der Waals surface area contributed by atoms with Gasteiger partial charge in [-0.25, -0.2) is 4.79 Å². The first-order valence-corrected chi connectivity index (χ1v) is 10.4. The van der Waals surface area contributed by atoms with Crippen LogP contribution in [0.15, 0.2) is 18.2 Å². The summed E-state index contributed by atoms with van der Waals surface area (Å²) in [5.41, 5.74) is 2.31. The van der Waals surface area contributed by atoms with Gasteiger partial charge in [0.25, 0.3) is 0 Å². The molecule has 1 saturated heterocycles. The van der Waals surface area contributed by atoms with Crippen LogP contribution in [0.25, 0.3) is 0 Å². The number of amides is 1. The van der Waals surface area contributed by atoms with Crippen LogP contribution >= 0.6 is 0 Å². The smallest absolute Gasteiger partial charge is 0.410 e. The monoisotopic (exact) mass is 398 g/mol. The van der Waals surface area contributed by atoms with E-state index in [2.05, 4.69) is 6.07 Å². The summed E-state index contributed by atoms with van der Waals surface area (Å²) in [5.74, 6) is -0.0964. The van der Waals surface area contributed by atoms with Crippen LogP contribution in [0.1, 0.15) is 76.0 Å². The zero-order valence-electron chi connectivity index (χ0n) is 17.8. The van der Waals surface area contributed by atoms with Crippen molar-refractivity contribution >= 4 is 12.1 Å². The Balaban J connectivity index is 1.81. The van der Waals surface area contributed by atoms with Gasteiger partial charge >= 0.3 is 12.1 Å². The fourth-order valence-corrected chi connectivity index (χ4v) is 4.65. The van der Waals surface area contributed by atoms with Crippen molar-refractivity contribution in [3.8, 4) is 6.07 Å². The van der Waals surface area contributed by atoms with Crippen LogP contribution in [-0.4, -0.2) is 42.3 Å². The van der Waals surface area contributed by atoms with Gasteiger partial charge in [-0.05, 0) is 81.5 Å². The molecule has 0 aromatic heterocycles. The summed E-state index contributed by atoms with van der Waals surface area (Å²) in [5, 5.41) is 9.37. The van der Waals surface area contributed by atoms with Crippen LogP contribution < -0.4 is 0 Å². The van der Waals surface area contributed by atoms with Crippen LogP contribution in [-0.2, 0) is 19.7 Å². The van der Waals surface area contributed by atoms with E-state index < -0.39 is 5.60 Å². The Morgan fingerprint density at radius 3 is 2.55 bits per heavy atom. The molecule has 2 aliphatic rings. The van der Waals surface area contributed by atoms with Gasteiger partial charge in [0.2, 0.25) is 0 Å². The lowest BCUT2D eigenvalue weighted by Gasteiger charge is -2.40. The van der Waals surface area contributed by atoms with Crippen molar-refractivity contribution in [3.05, 3.63) is 34.9 Å². The first-order chi connectivity index (χ1) is 13.7. The highest BCUT2D eigenvalue weighted by atomic mass is 16.6. The number of ether oxygens (including phenoxy) is 2. The number of hydrogen-bond acceptors (Lipinski definition) is 5.